The Morgan fingerprint density at radius 2 is 1.86 bits per heavy atom. The molecular formula is C21H24N4O3. The highest BCUT2D eigenvalue weighted by Crippen LogP contribution is 2.33. The van der Waals surface area contributed by atoms with Crippen molar-refractivity contribution < 1.29 is 14.8 Å². The number of hydrogen-bond donors (Lipinski definition) is 3. The van der Waals surface area contributed by atoms with E-state index in [1.54, 1.807) is 17.6 Å². The topological polar surface area (TPSA) is 94.6 Å². The molecule has 0 spiro atoms. The molecule has 2 amide bonds. The van der Waals surface area contributed by atoms with Gasteiger partial charge in [0.1, 0.15) is 5.82 Å². The van der Waals surface area contributed by atoms with Crippen LogP contribution in [0, 0.1) is 0 Å². The molecule has 1 atom stereocenters. The summed E-state index contributed by atoms with van der Waals surface area (Å²) in [6, 6.07) is 11.8. The van der Waals surface area contributed by atoms with Crippen molar-refractivity contribution in [3.8, 4) is 0 Å². The molecule has 7 nitrogen and oxygen atoms in total. The third-order valence-electron chi connectivity index (χ3n) is 5.73. The molecule has 2 aromatic rings. The minimum absolute atomic E-state index is 0.0267. The molecule has 7 heteroatoms. The number of anilines is 1. The Labute approximate surface area is 163 Å². The SMILES string of the molecule is O=C(NO)c1ccc(N2CCC(NC(=O)C3CCc4ccccc43)CC2)nc1. The van der Waals surface area contributed by atoms with Gasteiger partial charge in [-0.15, -0.1) is 0 Å². The fourth-order valence-electron chi connectivity index (χ4n) is 4.16. The lowest BCUT2D eigenvalue weighted by atomic mass is 9.98. The number of pyridine rings is 1. The Morgan fingerprint density at radius 1 is 1.07 bits per heavy atom. The molecule has 1 unspecified atom stereocenters. The van der Waals surface area contributed by atoms with Gasteiger partial charge in [0.2, 0.25) is 5.91 Å². The van der Waals surface area contributed by atoms with Gasteiger partial charge in [0, 0.05) is 25.3 Å². The van der Waals surface area contributed by atoms with Crippen LogP contribution in [-0.2, 0) is 11.2 Å². The zero-order valence-corrected chi connectivity index (χ0v) is 15.6. The molecule has 1 aliphatic carbocycles. The Kier molecular flexibility index (Phi) is 5.25. The smallest absolute Gasteiger partial charge is 0.276 e. The van der Waals surface area contributed by atoms with E-state index in [2.05, 4.69) is 27.3 Å². The maximum absolute atomic E-state index is 12.8. The molecule has 0 radical (unpaired) electrons. The van der Waals surface area contributed by atoms with Crippen molar-refractivity contribution in [2.75, 3.05) is 18.0 Å². The zero-order valence-electron chi connectivity index (χ0n) is 15.6. The molecule has 2 heterocycles. The van der Waals surface area contributed by atoms with E-state index < -0.39 is 5.91 Å². The van der Waals surface area contributed by atoms with Crippen LogP contribution in [0.5, 0.6) is 0 Å². The third-order valence-corrected chi connectivity index (χ3v) is 5.73. The molecule has 28 heavy (non-hydrogen) atoms. The van der Waals surface area contributed by atoms with E-state index in [0.29, 0.717) is 5.56 Å². The summed E-state index contributed by atoms with van der Waals surface area (Å²) in [5.41, 5.74) is 4.38. The van der Waals surface area contributed by atoms with Crippen LogP contribution in [0.2, 0.25) is 0 Å². The van der Waals surface area contributed by atoms with Crippen molar-refractivity contribution in [3.63, 3.8) is 0 Å². The molecule has 1 aromatic carbocycles. The Balaban J connectivity index is 1.31. The number of benzene rings is 1. The van der Waals surface area contributed by atoms with Crippen LogP contribution in [0.1, 0.15) is 46.7 Å². The molecule has 1 fully saturated rings. The Morgan fingerprint density at radius 3 is 2.57 bits per heavy atom. The van der Waals surface area contributed by atoms with Gasteiger partial charge in [0.25, 0.3) is 5.91 Å². The normalized spacial score (nSPS) is 19.2. The van der Waals surface area contributed by atoms with Crippen LogP contribution < -0.4 is 15.7 Å². The fourth-order valence-corrected chi connectivity index (χ4v) is 4.16. The summed E-state index contributed by atoms with van der Waals surface area (Å²) in [6.45, 7) is 1.59. The molecular weight excluding hydrogens is 356 g/mol. The lowest BCUT2D eigenvalue weighted by Crippen LogP contribution is -2.46. The van der Waals surface area contributed by atoms with E-state index in [1.165, 1.54) is 17.3 Å². The van der Waals surface area contributed by atoms with Crippen LogP contribution in [0.25, 0.3) is 0 Å². The molecule has 3 N–H and O–H groups in total. The molecule has 1 aromatic heterocycles. The summed E-state index contributed by atoms with van der Waals surface area (Å²) < 4.78 is 0. The molecule has 0 saturated carbocycles. The molecule has 146 valence electrons. The number of carbonyl (C=O) groups is 2. The highest BCUT2D eigenvalue weighted by Gasteiger charge is 2.30. The van der Waals surface area contributed by atoms with Crippen LogP contribution in [0.3, 0.4) is 0 Å². The van der Waals surface area contributed by atoms with Crippen molar-refractivity contribution in [3.05, 3.63) is 59.3 Å². The molecule has 0 bridgehead atoms. The number of fused-ring (bicyclic) bond motifs is 1. The number of piperidine rings is 1. The van der Waals surface area contributed by atoms with Gasteiger partial charge in [-0.3, -0.25) is 14.8 Å². The summed E-state index contributed by atoms with van der Waals surface area (Å²) in [6.07, 6.45) is 5.04. The van der Waals surface area contributed by atoms with Gasteiger partial charge in [0.15, 0.2) is 0 Å². The third kappa shape index (κ3) is 3.71. The van der Waals surface area contributed by atoms with Crippen LogP contribution in [0.15, 0.2) is 42.6 Å². The lowest BCUT2D eigenvalue weighted by Gasteiger charge is -2.33. The van der Waals surface area contributed by atoms with Crippen molar-refractivity contribution >= 4 is 17.6 Å². The second-order valence-electron chi connectivity index (χ2n) is 7.41. The van der Waals surface area contributed by atoms with Crippen molar-refractivity contribution in [1.82, 2.24) is 15.8 Å². The number of nitrogens with one attached hydrogen (secondary N) is 2. The molecule has 1 aliphatic heterocycles. The minimum atomic E-state index is -0.575. The summed E-state index contributed by atoms with van der Waals surface area (Å²) >= 11 is 0. The van der Waals surface area contributed by atoms with E-state index in [-0.39, 0.29) is 17.9 Å². The van der Waals surface area contributed by atoms with Gasteiger partial charge in [0.05, 0.1) is 11.5 Å². The predicted molar refractivity (Wildman–Crippen MR) is 104 cm³/mol. The monoisotopic (exact) mass is 380 g/mol. The first kappa shape index (κ1) is 18.4. The number of aromatic nitrogens is 1. The summed E-state index contributed by atoms with van der Waals surface area (Å²) in [4.78, 5) is 30.6. The fraction of sp³-hybridized carbons (Fsp3) is 0.381. The van der Waals surface area contributed by atoms with Gasteiger partial charge in [-0.05, 0) is 48.9 Å². The number of amides is 2. The number of rotatable bonds is 4. The number of carbonyl (C=O) groups excluding carboxylic acids is 2. The number of hydroxylamine groups is 1. The number of nitrogens with zero attached hydrogens (tertiary/aromatic N) is 2. The van der Waals surface area contributed by atoms with E-state index in [9.17, 15) is 9.59 Å². The van der Waals surface area contributed by atoms with Crippen LogP contribution >= 0.6 is 0 Å². The first-order valence-electron chi connectivity index (χ1n) is 9.69. The number of hydrogen-bond acceptors (Lipinski definition) is 5. The first-order chi connectivity index (χ1) is 13.7. The van der Waals surface area contributed by atoms with Gasteiger partial charge in [-0.25, -0.2) is 10.5 Å². The summed E-state index contributed by atoms with van der Waals surface area (Å²) in [7, 11) is 0. The standard InChI is InChI=1S/C21H24N4O3/c26-20(24-28)15-6-8-19(22-13-15)25-11-9-16(10-12-25)23-21(27)18-7-5-14-3-1-2-4-17(14)18/h1-4,6,8,13,16,18,28H,5,7,9-12H2,(H,23,27)(H,24,26). The van der Waals surface area contributed by atoms with Crippen molar-refractivity contribution in [1.29, 1.82) is 0 Å². The molecule has 2 aliphatic rings. The van der Waals surface area contributed by atoms with Gasteiger partial charge < -0.3 is 10.2 Å². The molecule has 4 rings (SSSR count). The summed E-state index contributed by atoms with van der Waals surface area (Å²) in [5.74, 6) is 0.333. The van der Waals surface area contributed by atoms with Gasteiger partial charge in [-0.2, -0.15) is 0 Å². The second-order valence-corrected chi connectivity index (χ2v) is 7.41. The van der Waals surface area contributed by atoms with E-state index in [4.69, 9.17) is 5.21 Å². The summed E-state index contributed by atoms with van der Waals surface area (Å²) in [5, 5.41) is 11.9. The minimum Gasteiger partial charge on any atom is -0.356 e. The quantitative estimate of drug-likeness (QED) is 0.557. The van der Waals surface area contributed by atoms with Gasteiger partial charge >= 0.3 is 0 Å². The average molecular weight is 380 g/mol. The van der Waals surface area contributed by atoms with Crippen LogP contribution in [0.4, 0.5) is 5.82 Å². The maximum atomic E-state index is 12.8. The molecule has 1 saturated heterocycles. The average Bonchev–Trinajstić information content (AvgIpc) is 3.18. The number of aryl methyl sites for hydroxylation is 1. The maximum Gasteiger partial charge on any atom is 0.276 e. The van der Waals surface area contributed by atoms with Gasteiger partial charge in [-0.1, -0.05) is 24.3 Å². The largest absolute Gasteiger partial charge is 0.356 e. The van der Waals surface area contributed by atoms with Crippen molar-refractivity contribution in [2.24, 2.45) is 0 Å². The second kappa shape index (κ2) is 7.98. The van der Waals surface area contributed by atoms with E-state index in [1.807, 2.05) is 12.1 Å². The Bertz CT molecular complexity index is 860. The highest BCUT2D eigenvalue weighted by atomic mass is 16.5. The lowest BCUT2D eigenvalue weighted by molar-refractivity contribution is -0.123. The first-order valence-corrected chi connectivity index (χ1v) is 9.69. The predicted octanol–water partition coefficient (Wildman–Crippen LogP) is 2.02. The van der Waals surface area contributed by atoms with E-state index >= 15 is 0 Å². The van der Waals surface area contributed by atoms with E-state index in [0.717, 1.165) is 44.6 Å². The zero-order chi connectivity index (χ0) is 19.5. The Hall–Kier alpha value is -2.93. The highest BCUT2D eigenvalue weighted by molar-refractivity contribution is 5.93. The van der Waals surface area contributed by atoms with Crippen LogP contribution in [-0.4, -0.2) is 41.1 Å². The van der Waals surface area contributed by atoms with Crippen molar-refractivity contribution in [2.45, 2.75) is 37.6 Å².